The molecule has 82 valence electrons. The van der Waals surface area contributed by atoms with Crippen molar-refractivity contribution in [2.24, 2.45) is 0 Å². The Morgan fingerprint density at radius 2 is 2.40 bits per heavy atom. The highest BCUT2D eigenvalue weighted by atomic mass is 16.5. The van der Waals surface area contributed by atoms with Gasteiger partial charge in [-0.15, -0.1) is 0 Å². The number of anilines is 1. The number of ether oxygens (including phenoxy) is 2. The summed E-state index contributed by atoms with van der Waals surface area (Å²) in [5, 5.41) is 0. The first-order chi connectivity index (χ1) is 7.25. The van der Waals surface area contributed by atoms with Crippen molar-refractivity contribution in [1.82, 2.24) is 0 Å². The van der Waals surface area contributed by atoms with E-state index in [2.05, 4.69) is 0 Å². The lowest BCUT2D eigenvalue weighted by Gasteiger charge is -2.13. The Morgan fingerprint density at radius 3 is 3.13 bits per heavy atom. The van der Waals surface area contributed by atoms with Crippen LogP contribution in [-0.4, -0.2) is 19.3 Å². The topological polar surface area (TPSA) is 44.5 Å². The van der Waals surface area contributed by atoms with E-state index in [4.69, 9.17) is 15.2 Å². The van der Waals surface area contributed by atoms with Gasteiger partial charge in [-0.3, -0.25) is 0 Å². The minimum Gasteiger partial charge on any atom is -0.491 e. The molecule has 0 spiro atoms. The molecule has 1 unspecified atom stereocenters. The van der Waals surface area contributed by atoms with Gasteiger partial charge in [-0.2, -0.15) is 0 Å². The summed E-state index contributed by atoms with van der Waals surface area (Å²) in [5.74, 6) is 0.866. The maximum Gasteiger partial charge on any atom is 0.124 e. The monoisotopic (exact) mass is 207 g/mol. The first kappa shape index (κ1) is 10.3. The fourth-order valence-corrected chi connectivity index (χ4v) is 1.73. The Bertz CT molecular complexity index is 332. The molecule has 1 aliphatic heterocycles. The SMILES string of the molecule is Cc1ccc(N)cc1OCC1CCCO1. The van der Waals surface area contributed by atoms with Crippen molar-refractivity contribution in [3.63, 3.8) is 0 Å². The smallest absolute Gasteiger partial charge is 0.124 e. The fourth-order valence-electron chi connectivity index (χ4n) is 1.73. The van der Waals surface area contributed by atoms with E-state index in [1.165, 1.54) is 0 Å². The number of nitrogen functional groups attached to an aromatic ring is 1. The second-order valence-corrected chi connectivity index (χ2v) is 3.97. The van der Waals surface area contributed by atoms with E-state index in [1.807, 2.05) is 25.1 Å². The van der Waals surface area contributed by atoms with Crippen LogP contribution in [0.5, 0.6) is 5.75 Å². The van der Waals surface area contributed by atoms with Crippen molar-refractivity contribution in [2.45, 2.75) is 25.9 Å². The molecular weight excluding hydrogens is 190 g/mol. The van der Waals surface area contributed by atoms with Crippen molar-refractivity contribution < 1.29 is 9.47 Å². The molecule has 0 radical (unpaired) electrons. The third-order valence-electron chi connectivity index (χ3n) is 2.66. The Hall–Kier alpha value is -1.22. The lowest BCUT2D eigenvalue weighted by atomic mass is 10.2. The highest BCUT2D eigenvalue weighted by molar-refractivity contribution is 5.47. The molecule has 1 saturated heterocycles. The molecule has 15 heavy (non-hydrogen) atoms. The van der Waals surface area contributed by atoms with Crippen molar-refractivity contribution in [3.8, 4) is 5.75 Å². The molecule has 1 fully saturated rings. The number of aryl methyl sites for hydroxylation is 1. The van der Waals surface area contributed by atoms with Gasteiger partial charge in [-0.1, -0.05) is 6.07 Å². The number of hydrogen-bond acceptors (Lipinski definition) is 3. The molecule has 2 rings (SSSR count). The van der Waals surface area contributed by atoms with E-state index < -0.39 is 0 Å². The molecule has 1 aliphatic rings. The van der Waals surface area contributed by atoms with E-state index in [9.17, 15) is 0 Å². The Kier molecular flexibility index (Phi) is 3.11. The van der Waals surface area contributed by atoms with Crippen LogP contribution in [0.25, 0.3) is 0 Å². The van der Waals surface area contributed by atoms with Crippen LogP contribution in [0.3, 0.4) is 0 Å². The maximum absolute atomic E-state index is 5.70. The Labute approximate surface area is 90.2 Å². The predicted molar refractivity (Wildman–Crippen MR) is 60.1 cm³/mol. The van der Waals surface area contributed by atoms with Gasteiger partial charge in [-0.05, 0) is 31.4 Å². The summed E-state index contributed by atoms with van der Waals surface area (Å²) in [7, 11) is 0. The Morgan fingerprint density at radius 1 is 1.53 bits per heavy atom. The van der Waals surface area contributed by atoms with Crippen LogP contribution in [0.1, 0.15) is 18.4 Å². The highest BCUT2D eigenvalue weighted by Crippen LogP contribution is 2.22. The van der Waals surface area contributed by atoms with Gasteiger partial charge in [0.05, 0.1) is 6.10 Å². The van der Waals surface area contributed by atoms with Gasteiger partial charge >= 0.3 is 0 Å². The minimum absolute atomic E-state index is 0.255. The summed E-state index contributed by atoms with van der Waals surface area (Å²) in [6.45, 7) is 3.51. The molecular formula is C12H17NO2. The van der Waals surface area contributed by atoms with Crippen molar-refractivity contribution in [2.75, 3.05) is 18.9 Å². The molecule has 1 aromatic carbocycles. The van der Waals surface area contributed by atoms with Gasteiger partial charge < -0.3 is 15.2 Å². The van der Waals surface area contributed by atoms with Crippen molar-refractivity contribution in [1.29, 1.82) is 0 Å². The van der Waals surface area contributed by atoms with Gasteiger partial charge in [0.25, 0.3) is 0 Å². The van der Waals surface area contributed by atoms with Crippen LogP contribution < -0.4 is 10.5 Å². The molecule has 3 nitrogen and oxygen atoms in total. The molecule has 1 aromatic rings. The van der Waals surface area contributed by atoms with Gasteiger partial charge in [-0.25, -0.2) is 0 Å². The summed E-state index contributed by atoms with van der Waals surface area (Å²) >= 11 is 0. The predicted octanol–water partition coefficient (Wildman–Crippen LogP) is 2.14. The maximum atomic E-state index is 5.70. The summed E-state index contributed by atoms with van der Waals surface area (Å²) in [6, 6.07) is 5.72. The van der Waals surface area contributed by atoms with Crippen LogP contribution in [0.4, 0.5) is 5.69 Å². The Balaban J connectivity index is 1.94. The summed E-state index contributed by atoms with van der Waals surface area (Å²) < 4.78 is 11.2. The quantitative estimate of drug-likeness (QED) is 0.772. The van der Waals surface area contributed by atoms with Crippen LogP contribution in [0.2, 0.25) is 0 Å². The van der Waals surface area contributed by atoms with Gasteiger partial charge in [0.15, 0.2) is 0 Å². The number of hydrogen-bond donors (Lipinski definition) is 1. The molecule has 0 aromatic heterocycles. The molecule has 1 heterocycles. The number of benzene rings is 1. The van der Waals surface area contributed by atoms with E-state index in [1.54, 1.807) is 0 Å². The van der Waals surface area contributed by atoms with Crippen LogP contribution >= 0.6 is 0 Å². The van der Waals surface area contributed by atoms with E-state index in [0.717, 1.165) is 36.4 Å². The standard InChI is InChI=1S/C12H17NO2/c1-9-4-5-10(13)7-12(9)15-8-11-3-2-6-14-11/h4-5,7,11H,2-3,6,8,13H2,1H3. The van der Waals surface area contributed by atoms with Gasteiger partial charge in [0, 0.05) is 18.4 Å². The van der Waals surface area contributed by atoms with Crippen LogP contribution in [0.15, 0.2) is 18.2 Å². The summed E-state index contributed by atoms with van der Waals surface area (Å²) in [4.78, 5) is 0. The first-order valence-electron chi connectivity index (χ1n) is 5.36. The molecule has 0 aliphatic carbocycles. The molecule has 2 N–H and O–H groups in total. The lowest BCUT2D eigenvalue weighted by Crippen LogP contribution is -2.16. The van der Waals surface area contributed by atoms with Crippen molar-refractivity contribution >= 4 is 5.69 Å². The number of rotatable bonds is 3. The van der Waals surface area contributed by atoms with Crippen LogP contribution in [0, 0.1) is 6.92 Å². The number of nitrogens with two attached hydrogens (primary N) is 1. The van der Waals surface area contributed by atoms with Gasteiger partial charge in [0.2, 0.25) is 0 Å². The summed E-state index contributed by atoms with van der Waals surface area (Å²) in [5.41, 5.74) is 7.55. The van der Waals surface area contributed by atoms with Crippen LogP contribution in [-0.2, 0) is 4.74 Å². The zero-order valence-corrected chi connectivity index (χ0v) is 9.03. The molecule has 1 atom stereocenters. The van der Waals surface area contributed by atoms with Crippen molar-refractivity contribution in [3.05, 3.63) is 23.8 Å². The normalized spacial score (nSPS) is 20.5. The second-order valence-electron chi connectivity index (χ2n) is 3.97. The largest absolute Gasteiger partial charge is 0.491 e. The third-order valence-corrected chi connectivity index (χ3v) is 2.66. The van der Waals surface area contributed by atoms with E-state index >= 15 is 0 Å². The first-order valence-corrected chi connectivity index (χ1v) is 5.36. The molecule has 0 saturated carbocycles. The average molecular weight is 207 g/mol. The van der Waals surface area contributed by atoms with E-state index in [0.29, 0.717) is 6.61 Å². The average Bonchev–Trinajstić information content (AvgIpc) is 2.72. The second kappa shape index (κ2) is 4.53. The zero-order valence-electron chi connectivity index (χ0n) is 9.03. The third kappa shape index (κ3) is 2.63. The zero-order chi connectivity index (χ0) is 10.7. The molecule has 3 heteroatoms. The fraction of sp³-hybridized carbons (Fsp3) is 0.500. The molecule has 0 bridgehead atoms. The minimum atomic E-state index is 0.255. The lowest BCUT2D eigenvalue weighted by molar-refractivity contribution is 0.0677. The summed E-state index contributed by atoms with van der Waals surface area (Å²) in [6.07, 6.45) is 2.50. The molecule has 0 amide bonds. The highest BCUT2D eigenvalue weighted by Gasteiger charge is 2.16. The van der Waals surface area contributed by atoms with Gasteiger partial charge in [0.1, 0.15) is 12.4 Å². The van der Waals surface area contributed by atoms with E-state index in [-0.39, 0.29) is 6.10 Å².